The third-order valence-electron chi connectivity index (χ3n) is 3.99. The van der Waals surface area contributed by atoms with Gasteiger partial charge in [0.25, 0.3) is 0 Å². The van der Waals surface area contributed by atoms with Gasteiger partial charge in [-0.3, -0.25) is 0 Å². The van der Waals surface area contributed by atoms with Crippen LogP contribution in [0.2, 0.25) is 0 Å². The molecule has 0 unspecified atom stereocenters. The summed E-state index contributed by atoms with van der Waals surface area (Å²) in [5, 5.41) is 25.9. The number of nitrogens with zero attached hydrogens (tertiary/aromatic N) is 4. The third kappa shape index (κ3) is 3.77. The highest BCUT2D eigenvalue weighted by molar-refractivity contribution is 5.24. The van der Waals surface area contributed by atoms with Crippen LogP contribution in [0.4, 0.5) is 0 Å². The molecule has 0 saturated heterocycles. The van der Waals surface area contributed by atoms with Crippen LogP contribution in [-0.2, 0) is 13.0 Å². The average molecular weight is 262 g/mol. The number of aliphatic hydroxyl groups is 1. The van der Waals surface area contributed by atoms with Gasteiger partial charge in [-0.2, -0.15) is 5.26 Å². The van der Waals surface area contributed by atoms with Gasteiger partial charge in [0, 0.05) is 13.2 Å². The predicted molar refractivity (Wildman–Crippen MR) is 71.3 cm³/mol. The lowest BCUT2D eigenvalue weighted by atomic mass is 9.85. The normalized spacial score (nSPS) is 16.4. The topological polar surface area (TPSA) is 74.7 Å². The maximum Gasteiger partial charge on any atom is 0.185 e. The Morgan fingerprint density at radius 3 is 2.79 bits per heavy atom. The molecule has 1 aromatic heterocycles. The molecule has 2 rings (SSSR count). The Labute approximate surface area is 114 Å². The summed E-state index contributed by atoms with van der Waals surface area (Å²) < 4.78 is 1.79. The van der Waals surface area contributed by atoms with Gasteiger partial charge in [0.1, 0.15) is 6.07 Å². The summed E-state index contributed by atoms with van der Waals surface area (Å²) in [5.74, 6) is 0.793. The molecular weight excluding hydrogens is 240 g/mol. The second-order valence-electron chi connectivity index (χ2n) is 5.34. The monoisotopic (exact) mass is 262 g/mol. The molecule has 0 amide bonds. The zero-order valence-electron chi connectivity index (χ0n) is 11.4. The SMILES string of the molecule is N#Cc1nnn(CCCO)c1CCC1CCCCC1. The Morgan fingerprint density at radius 1 is 1.32 bits per heavy atom. The van der Waals surface area contributed by atoms with Crippen LogP contribution in [0.5, 0.6) is 0 Å². The van der Waals surface area contributed by atoms with Gasteiger partial charge in [0.15, 0.2) is 5.69 Å². The molecule has 1 aliphatic rings. The van der Waals surface area contributed by atoms with E-state index < -0.39 is 0 Å². The van der Waals surface area contributed by atoms with Crippen LogP contribution in [0.3, 0.4) is 0 Å². The third-order valence-corrected chi connectivity index (χ3v) is 3.99. The molecule has 1 saturated carbocycles. The molecule has 5 nitrogen and oxygen atoms in total. The van der Waals surface area contributed by atoms with E-state index in [9.17, 15) is 0 Å². The Bertz CT molecular complexity index is 429. The lowest BCUT2D eigenvalue weighted by Gasteiger charge is -2.21. The van der Waals surface area contributed by atoms with Crippen molar-refractivity contribution in [2.75, 3.05) is 6.61 Å². The molecule has 0 aromatic carbocycles. The van der Waals surface area contributed by atoms with E-state index in [1.807, 2.05) is 0 Å². The minimum atomic E-state index is 0.143. The first kappa shape index (κ1) is 14.0. The Hall–Kier alpha value is -1.41. The van der Waals surface area contributed by atoms with Gasteiger partial charge in [-0.1, -0.05) is 37.3 Å². The number of hydrogen-bond donors (Lipinski definition) is 1. The van der Waals surface area contributed by atoms with Gasteiger partial charge in [-0.25, -0.2) is 4.68 Å². The van der Waals surface area contributed by atoms with Crippen molar-refractivity contribution in [3.05, 3.63) is 11.4 Å². The highest BCUT2D eigenvalue weighted by atomic mass is 16.3. The highest BCUT2D eigenvalue weighted by Crippen LogP contribution is 2.27. The summed E-state index contributed by atoms with van der Waals surface area (Å²) in [6.45, 7) is 0.787. The second kappa shape index (κ2) is 7.25. The number of aromatic nitrogens is 3. The molecule has 1 aliphatic carbocycles. The summed E-state index contributed by atoms with van der Waals surface area (Å²) >= 11 is 0. The number of hydrogen-bond acceptors (Lipinski definition) is 4. The summed E-state index contributed by atoms with van der Waals surface area (Å²) in [5.41, 5.74) is 1.40. The van der Waals surface area contributed by atoms with Crippen molar-refractivity contribution in [3.63, 3.8) is 0 Å². The molecule has 1 N–H and O–H groups in total. The first-order valence-electron chi connectivity index (χ1n) is 7.28. The standard InChI is InChI=1S/C14H22N4O/c15-11-13-14(18(17-16-13)9-4-10-19)8-7-12-5-2-1-3-6-12/h12,19H,1-10H2. The lowest BCUT2D eigenvalue weighted by molar-refractivity contribution is 0.274. The fourth-order valence-corrected chi connectivity index (χ4v) is 2.88. The largest absolute Gasteiger partial charge is 0.396 e. The van der Waals surface area contributed by atoms with Crippen molar-refractivity contribution in [2.24, 2.45) is 5.92 Å². The van der Waals surface area contributed by atoms with E-state index in [1.165, 1.54) is 32.1 Å². The fraction of sp³-hybridized carbons (Fsp3) is 0.786. The maximum absolute atomic E-state index is 9.08. The molecule has 0 spiro atoms. The molecule has 1 fully saturated rings. The van der Waals surface area contributed by atoms with Crippen molar-refractivity contribution in [1.82, 2.24) is 15.0 Å². The fourth-order valence-electron chi connectivity index (χ4n) is 2.88. The summed E-state index contributed by atoms with van der Waals surface area (Å²) in [4.78, 5) is 0. The van der Waals surface area contributed by atoms with Crippen molar-refractivity contribution >= 4 is 0 Å². The lowest BCUT2D eigenvalue weighted by Crippen LogP contribution is -2.11. The number of rotatable bonds is 6. The molecule has 0 atom stereocenters. The smallest absolute Gasteiger partial charge is 0.185 e. The van der Waals surface area contributed by atoms with E-state index in [1.54, 1.807) is 4.68 Å². The number of aryl methyl sites for hydroxylation is 1. The minimum Gasteiger partial charge on any atom is -0.396 e. The maximum atomic E-state index is 9.08. The van der Waals surface area contributed by atoms with Gasteiger partial charge < -0.3 is 5.11 Å². The Kier molecular flexibility index (Phi) is 5.34. The van der Waals surface area contributed by atoms with Crippen LogP contribution in [0.15, 0.2) is 0 Å². The van der Waals surface area contributed by atoms with Crippen LogP contribution in [0, 0.1) is 17.2 Å². The second-order valence-corrected chi connectivity index (χ2v) is 5.34. The summed E-state index contributed by atoms with van der Waals surface area (Å²) in [7, 11) is 0. The number of aliphatic hydroxyl groups excluding tert-OH is 1. The van der Waals surface area contributed by atoms with E-state index in [0.717, 1.165) is 24.5 Å². The molecule has 0 aliphatic heterocycles. The quantitative estimate of drug-likeness (QED) is 0.851. The summed E-state index contributed by atoms with van der Waals surface area (Å²) in [6.07, 6.45) is 9.36. The van der Waals surface area contributed by atoms with E-state index in [0.29, 0.717) is 18.7 Å². The van der Waals surface area contributed by atoms with Crippen LogP contribution >= 0.6 is 0 Å². The van der Waals surface area contributed by atoms with Gasteiger partial charge in [-0.15, -0.1) is 5.10 Å². The van der Waals surface area contributed by atoms with Crippen LogP contribution in [-0.4, -0.2) is 26.7 Å². The van der Waals surface area contributed by atoms with Gasteiger partial charge in [-0.05, 0) is 25.2 Å². The number of nitriles is 1. The van der Waals surface area contributed by atoms with Crippen LogP contribution < -0.4 is 0 Å². The predicted octanol–water partition coefficient (Wildman–Crippen LogP) is 2.05. The van der Waals surface area contributed by atoms with E-state index >= 15 is 0 Å². The summed E-state index contributed by atoms with van der Waals surface area (Å²) in [6, 6.07) is 2.12. The van der Waals surface area contributed by atoms with E-state index in [2.05, 4.69) is 16.4 Å². The first-order chi connectivity index (χ1) is 9.35. The zero-order chi connectivity index (χ0) is 13.5. The van der Waals surface area contributed by atoms with Gasteiger partial charge in [0.05, 0.1) is 5.69 Å². The van der Waals surface area contributed by atoms with E-state index in [4.69, 9.17) is 10.4 Å². The van der Waals surface area contributed by atoms with Gasteiger partial charge in [0.2, 0.25) is 0 Å². The zero-order valence-corrected chi connectivity index (χ0v) is 11.4. The minimum absolute atomic E-state index is 0.143. The molecule has 1 aromatic rings. The van der Waals surface area contributed by atoms with Crippen molar-refractivity contribution < 1.29 is 5.11 Å². The Morgan fingerprint density at radius 2 is 2.11 bits per heavy atom. The molecule has 5 heteroatoms. The molecule has 19 heavy (non-hydrogen) atoms. The highest BCUT2D eigenvalue weighted by Gasteiger charge is 2.17. The first-order valence-corrected chi connectivity index (χ1v) is 7.28. The van der Waals surface area contributed by atoms with Crippen LogP contribution in [0.25, 0.3) is 0 Å². The molecule has 104 valence electrons. The van der Waals surface area contributed by atoms with Gasteiger partial charge >= 0.3 is 0 Å². The Balaban J connectivity index is 1.96. The molecule has 1 heterocycles. The van der Waals surface area contributed by atoms with Crippen molar-refractivity contribution in [2.45, 2.75) is 57.9 Å². The molecular formula is C14H22N4O. The van der Waals surface area contributed by atoms with Crippen LogP contribution in [0.1, 0.15) is 56.3 Å². The van der Waals surface area contributed by atoms with Crippen molar-refractivity contribution in [3.8, 4) is 6.07 Å². The molecule has 0 bridgehead atoms. The van der Waals surface area contributed by atoms with E-state index in [-0.39, 0.29) is 6.61 Å². The average Bonchev–Trinajstić information content (AvgIpc) is 2.86. The molecule has 0 radical (unpaired) electrons. The van der Waals surface area contributed by atoms with Crippen molar-refractivity contribution in [1.29, 1.82) is 5.26 Å².